The van der Waals surface area contributed by atoms with Gasteiger partial charge in [-0.05, 0) is 38.4 Å². The molecule has 112 valence electrons. The van der Waals surface area contributed by atoms with Crippen molar-refractivity contribution in [2.24, 2.45) is 13.0 Å². The van der Waals surface area contributed by atoms with Gasteiger partial charge >= 0.3 is 0 Å². The number of aromatic nitrogens is 1. The molecule has 1 unspecified atom stereocenters. The fraction of sp³-hybridized carbons (Fsp3) is 0.471. The van der Waals surface area contributed by atoms with Crippen molar-refractivity contribution in [2.75, 3.05) is 31.6 Å². The van der Waals surface area contributed by atoms with Crippen LogP contribution in [0.4, 0.5) is 5.69 Å². The van der Waals surface area contributed by atoms with Crippen molar-refractivity contribution in [3.63, 3.8) is 0 Å². The monoisotopic (exact) mass is 285 g/mol. The zero-order valence-electron chi connectivity index (χ0n) is 12.8. The number of rotatable bonds is 3. The van der Waals surface area contributed by atoms with Gasteiger partial charge in [0, 0.05) is 31.6 Å². The molecule has 1 N–H and O–H groups in total. The Bertz CT molecular complexity index is 690. The van der Waals surface area contributed by atoms with Crippen LogP contribution in [0.3, 0.4) is 0 Å². The van der Waals surface area contributed by atoms with Gasteiger partial charge in [-0.25, -0.2) is 0 Å². The third-order valence-corrected chi connectivity index (χ3v) is 4.48. The maximum atomic E-state index is 12.2. The van der Waals surface area contributed by atoms with E-state index in [1.165, 1.54) is 18.2 Å². The maximum absolute atomic E-state index is 12.2. The highest BCUT2D eigenvalue weighted by Crippen LogP contribution is 2.28. The highest BCUT2D eigenvalue weighted by molar-refractivity contribution is 5.91. The molecule has 0 aliphatic carbocycles. The quantitative estimate of drug-likeness (QED) is 0.937. The Morgan fingerprint density at radius 1 is 1.33 bits per heavy atom. The number of benzene rings is 1. The van der Waals surface area contributed by atoms with Gasteiger partial charge in [-0.1, -0.05) is 18.2 Å². The van der Waals surface area contributed by atoms with Crippen LogP contribution in [0.5, 0.6) is 0 Å². The van der Waals surface area contributed by atoms with Crippen molar-refractivity contribution < 1.29 is 0 Å². The number of piperidine rings is 1. The molecule has 2 aromatic rings. The molecule has 1 saturated heterocycles. The van der Waals surface area contributed by atoms with Crippen molar-refractivity contribution in [1.29, 1.82) is 0 Å². The minimum absolute atomic E-state index is 0.0689. The van der Waals surface area contributed by atoms with Crippen LogP contribution in [0.1, 0.15) is 12.8 Å². The van der Waals surface area contributed by atoms with Gasteiger partial charge in [0.25, 0.3) is 5.56 Å². The smallest absolute Gasteiger partial charge is 0.252 e. The molecule has 4 nitrogen and oxygen atoms in total. The second-order valence-corrected chi connectivity index (χ2v) is 5.96. The molecule has 0 spiro atoms. The van der Waals surface area contributed by atoms with Gasteiger partial charge in [0.05, 0.1) is 11.2 Å². The van der Waals surface area contributed by atoms with Crippen LogP contribution < -0.4 is 15.8 Å². The minimum atomic E-state index is 0.0689. The van der Waals surface area contributed by atoms with Crippen molar-refractivity contribution in [3.05, 3.63) is 40.7 Å². The fourth-order valence-corrected chi connectivity index (χ4v) is 3.39. The Morgan fingerprint density at radius 2 is 2.14 bits per heavy atom. The first-order chi connectivity index (χ1) is 10.2. The summed E-state index contributed by atoms with van der Waals surface area (Å²) in [5.41, 5.74) is 2.17. The van der Waals surface area contributed by atoms with Crippen LogP contribution in [0.25, 0.3) is 10.9 Å². The molecule has 1 fully saturated rings. The second-order valence-electron chi connectivity index (χ2n) is 5.96. The van der Waals surface area contributed by atoms with Crippen molar-refractivity contribution >= 4 is 16.6 Å². The van der Waals surface area contributed by atoms with Crippen LogP contribution in [0, 0.1) is 5.92 Å². The summed E-state index contributed by atoms with van der Waals surface area (Å²) in [6.07, 6.45) is 2.45. The van der Waals surface area contributed by atoms with Crippen molar-refractivity contribution in [1.82, 2.24) is 9.88 Å². The summed E-state index contributed by atoms with van der Waals surface area (Å²) in [5, 5.41) is 4.45. The molecule has 1 aliphatic heterocycles. The van der Waals surface area contributed by atoms with Gasteiger partial charge in [-0.3, -0.25) is 4.79 Å². The largest absolute Gasteiger partial charge is 0.371 e. The first-order valence-electron chi connectivity index (χ1n) is 7.69. The van der Waals surface area contributed by atoms with E-state index in [0.717, 1.165) is 30.8 Å². The average molecular weight is 285 g/mol. The summed E-state index contributed by atoms with van der Waals surface area (Å²) in [7, 11) is 3.85. The Morgan fingerprint density at radius 3 is 2.95 bits per heavy atom. The lowest BCUT2D eigenvalue weighted by atomic mass is 9.97. The number of hydrogen-bond donors (Lipinski definition) is 1. The van der Waals surface area contributed by atoms with E-state index in [9.17, 15) is 4.79 Å². The predicted octanol–water partition coefficient (Wildman–Crippen LogP) is 1.97. The summed E-state index contributed by atoms with van der Waals surface area (Å²) in [6, 6.07) is 9.97. The number of hydrogen-bond acceptors (Lipinski definition) is 3. The molecule has 0 radical (unpaired) electrons. The lowest BCUT2D eigenvalue weighted by Gasteiger charge is -2.35. The average Bonchev–Trinajstić information content (AvgIpc) is 2.51. The summed E-state index contributed by atoms with van der Waals surface area (Å²) >= 11 is 0. The lowest BCUT2D eigenvalue weighted by Crippen LogP contribution is -2.39. The molecule has 2 heterocycles. The molecule has 1 atom stereocenters. The van der Waals surface area contributed by atoms with E-state index in [0.29, 0.717) is 5.92 Å². The van der Waals surface area contributed by atoms with Gasteiger partial charge in [0.15, 0.2) is 0 Å². The van der Waals surface area contributed by atoms with Crippen LogP contribution in [0.2, 0.25) is 0 Å². The van der Waals surface area contributed by atoms with Crippen LogP contribution in [-0.2, 0) is 7.05 Å². The van der Waals surface area contributed by atoms with Crippen LogP contribution >= 0.6 is 0 Å². The zero-order chi connectivity index (χ0) is 14.8. The summed E-state index contributed by atoms with van der Waals surface area (Å²) < 4.78 is 1.73. The third-order valence-electron chi connectivity index (χ3n) is 4.48. The van der Waals surface area contributed by atoms with E-state index in [1.807, 2.05) is 32.3 Å². The van der Waals surface area contributed by atoms with Crippen molar-refractivity contribution in [2.45, 2.75) is 12.8 Å². The number of anilines is 1. The van der Waals surface area contributed by atoms with Crippen LogP contribution in [-0.4, -0.2) is 31.2 Å². The third kappa shape index (κ3) is 2.68. The lowest BCUT2D eigenvalue weighted by molar-refractivity contribution is 0.403. The van der Waals surface area contributed by atoms with Crippen molar-refractivity contribution in [3.8, 4) is 0 Å². The van der Waals surface area contributed by atoms with E-state index in [2.05, 4.69) is 16.3 Å². The first kappa shape index (κ1) is 14.1. The number of nitrogens with one attached hydrogen (secondary N) is 1. The second kappa shape index (κ2) is 5.90. The minimum Gasteiger partial charge on any atom is -0.371 e. The van der Waals surface area contributed by atoms with Gasteiger partial charge < -0.3 is 14.8 Å². The highest BCUT2D eigenvalue weighted by Gasteiger charge is 2.21. The van der Waals surface area contributed by atoms with Crippen LogP contribution in [0.15, 0.2) is 35.1 Å². The molecule has 0 saturated carbocycles. The van der Waals surface area contributed by atoms with E-state index in [1.54, 1.807) is 10.6 Å². The highest BCUT2D eigenvalue weighted by atomic mass is 16.1. The molecule has 0 amide bonds. The molecule has 4 heteroatoms. The summed E-state index contributed by atoms with van der Waals surface area (Å²) in [6.45, 7) is 3.11. The molecule has 21 heavy (non-hydrogen) atoms. The Labute approximate surface area is 125 Å². The predicted molar refractivity (Wildman–Crippen MR) is 88.1 cm³/mol. The van der Waals surface area contributed by atoms with Gasteiger partial charge in [-0.15, -0.1) is 0 Å². The summed E-state index contributed by atoms with van der Waals surface area (Å²) in [4.78, 5) is 14.6. The molecule has 1 aromatic carbocycles. The van der Waals surface area contributed by atoms with E-state index in [-0.39, 0.29) is 5.56 Å². The number of aryl methyl sites for hydroxylation is 1. The molecule has 1 aliphatic rings. The van der Waals surface area contributed by atoms with E-state index >= 15 is 0 Å². The van der Waals surface area contributed by atoms with E-state index < -0.39 is 0 Å². The fourth-order valence-electron chi connectivity index (χ4n) is 3.39. The number of pyridine rings is 1. The molecule has 1 aromatic heterocycles. The van der Waals surface area contributed by atoms with Gasteiger partial charge in [-0.2, -0.15) is 0 Å². The topological polar surface area (TPSA) is 37.3 Å². The number of para-hydroxylation sites is 1. The summed E-state index contributed by atoms with van der Waals surface area (Å²) in [5.74, 6) is 0.659. The van der Waals surface area contributed by atoms with E-state index in [4.69, 9.17) is 0 Å². The van der Waals surface area contributed by atoms with Gasteiger partial charge in [0.1, 0.15) is 0 Å². The Hall–Kier alpha value is -1.81. The standard InChI is InChI=1S/C17H23N3O/c1-18-11-13-6-5-9-20(12-13)16-10-17(21)19(2)15-8-4-3-7-14(15)16/h3-4,7-8,10,13,18H,5-6,9,11-12H2,1-2H3. The first-order valence-corrected chi connectivity index (χ1v) is 7.69. The number of fused-ring (bicyclic) bond motifs is 1. The Balaban J connectivity index is 2.04. The van der Waals surface area contributed by atoms with Gasteiger partial charge in [0.2, 0.25) is 0 Å². The normalized spacial score (nSPS) is 19.1. The maximum Gasteiger partial charge on any atom is 0.252 e. The zero-order valence-corrected chi connectivity index (χ0v) is 12.8. The molecular formula is C17H23N3O. The SMILES string of the molecule is CNCC1CCCN(c2cc(=O)n(C)c3ccccc23)C1. The Kier molecular flexibility index (Phi) is 3.97. The molecule has 3 rings (SSSR count). The number of nitrogens with zero attached hydrogens (tertiary/aromatic N) is 2. The molecule has 0 bridgehead atoms. The molecular weight excluding hydrogens is 262 g/mol.